The van der Waals surface area contributed by atoms with Crippen LogP contribution in [0.5, 0.6) is 0 Å². The summed E-state index contributed by atoms with van der Waals surface area (Å²) in [6.07, 6.45) is 2.75. The number of urea groups is 1. The third-order valence-electron chi connectivity index (χ3n) is 4.11. The highest BCUT2D eigenvalue weighted by molar-refractivity contribution is 7.16. The Kier molecular flexibility index (Phi) is 5.67. The molecule has 1 aromatic carbocycles. The number of carbonyl (C=O) groups is 2. The van der Waals surface area contributed by atoms with Gasteiger partial charge in [-0.05, 0) is 25.1 Å². The lowest BCUT2D eigenvalue weighted by atomic mass is 10.1. The maximum Gasteiger partial charge on any atom is 0.347 e. The number of rotatable bonds is 6. The number of carbonyl (C=O) groups excluding carboxylic acids is 1. The molecule has 0 fully saturated rings. The minimum atomic E-state index is -1.07. The van der Waals surface area contributed by atoms with Crippen LogP contribution in [0.25, 0.3) is 33.5 Å². The van der Waals surface area contributed by atoms with Crippen LogP contribution in [-0.2, 0) is 0 Å². The highest BCUT2D eigenvalue weighted by atomic mass is 32.1. The number of pyridine rings is 1. The molecule has 0 atom stereocenters. The monoisotopic (exact) mass is 436 g/mol. The van der Waals surface area contributed by atoms with Gasteiger partial charge in [-0.2, -0.15) is 0 Å². The Bertz CT molecular complexity index is 1240. The Hall–Kier alpha value is -4.12. The van der Waals surface area contributed by atoms with Gasteiger partial charge >= 0.3 is 12.0 Å². The largest absolute Gasteiger partial charge is 0.477 e. The number of benzene rings is 1. The molecule has 4 rings (SSSR count). The Labute approximate surface area is 180 Å². The van der Waals surface area contributed by atoms with Crippen LogP contribution < -0.4 is 10.6 Å². The smallest absolute Gasteiger partial charge is 0.347 e. The molecular weight excluding hydrogens is 420 g/mol. The van der Waals surface area contributed by atoms with E-state index in [1.54, 1.807) is 13.0 Å². The van der Waals surface area contributed by atoms with E-state index in [0.717, 1.165) is 16.9 Å². The van der Waals surface area contributed by atoms with Gasteiger partial charge in [0.15, 0.2) is 0 Å². The molecule has 3 N–H and O–H groups in total. The van der Waals surface area contributed by atoms with E-state index in [-0.39, 0.29) is 16.6 Å². The zero-order valence-corrected chi connectivity index (χ0v) is 17.0. The van der Waals surface area contributed by atoms with Crippen molar-refractivity contribution < 1.29 is 19.1 Å². The van der Waals surface area contributed by atoms with Crippen molar-refractivity contribution in [1.29, 1.82) is 0 Å². The number of hydrogen-bond acceptors (Lipinski definition) is 8. The molecule has 0 spiro atoms. The fourth-order valence-electron chi connectivity index (χ4n) is 2.72. The molecule has 0 aliphatic heterocycles. The Morgan fingerprint density at radius 3 is 2.55 bits per heavy atom. The van der Waals surface area contributed by atoms with Gasteiger partial charge in [0.1, 0.15) is 15.7 Å². The number of carboxylic acids is 1. The van der Waals surface area contributed by atoms with Crippen LogP contribution in [0.15, 0.2) is 53.2 Å². The Morgan fingerprint density at radius 1 is 1.06 bits per heavy atom. The van der Waals surface area contributed by atoms with E-state index >= 15 is 0 Å². The van der Waals surface area contributed by atoms with Crippen LogP contribution in [0, 0.1) is 0 Å². The maximum atomic E-state index is 11.9. The summed E-state index contributed by atoms with van der Waals surface area (Å²) in [4.78, 5) is 31.7. The van der Waals surface area contributed by atoms with Crippen molar-refractivity contribution in [3.63, 3.8) is 0 Å². The number of anilines is 1. The number of nitrogens with zero attached hydrogens (tertiary/aromatic N) is 4. The third-order valence-corrected chi connectivity index (χ3v) is 5.12. The molecule has 156 valence electrons. The summed E-state index contributed by atoms with van der Waals surface area (Å²) in [6.45, 7) is 2.26. The molecule has 31 heavy (non-hydrogen) atoms. The molecule has 4 aromatic rings. The summed E-state index contributed by atoms with van der Waals surface area (Å²) in [5, 5.41) is 23.1. The van der Waals surface area contributed by atoms with E-state index in [1.807, 2.05) is 30.3 Å². The van der Waals surface area contributed by atoms with E-state index in [1.165, 1.54) is 12.4 Å². The second kappa shape index (κ2) is 8.71. The van der Waals surface area contributed by atoms with Crippen molar-refractivity contribution in [3.05, 3.63) is 53.7 Å². The minimum Gasteiger partial charge on any atom is -0.477 e. The van der Waals surface area contributed by atoms with Crippen LogP contribution in [0.1, 0.15) is 16.6 Å². The van der Waals surface area contributed by atoms with Crippen molar-refractivity contribution >= 4 is 29.2 Å². The molecule has 11 heteroatoms. The lowest BCUT2D eigenvalue weighted by Gasteiger charge is -2.08. The highest BCUT2D eigenvalue weighted by Gasteiger charge is 2.20. The number of nitrogens with one attached hydrogen (secondary N) is 2. The lowest BCUT2D eigenvalue weighted by molar-refractivity contribution is 0.0702. The molecule has 0 aliphatic rings. The van der Waals surface area contributed by atoms with Crippen LogP contribution in [-0.4, -0.2) is 43.8 Å². The average Bonchev–Trinajstić information content (AvgIpc) is 3.45. The number of hydrogen-bond donors (Lipinski definition) is 3. The zero-order valence-electron chi connectivity index (χ0n) is 16.2. The quantitative estimate of drug-likeness (QED) is 0.414. The third kappa shape index (κ3) is 4.41. The SMILES string of the molecule is CCNC(=O)Nc1cc(-c2nnc(-c3ccccc3)o2)c(-c2ncc(C(=O)O)s2)cn1. The van der Waals surface area contributed by atoms with Crippen LogP contribution >= 0.6 is 11.3 Å². The molecule has 0 aliphatic carbocycles. The Morgan fingerprint density at radius 2 is 1.84 bits per heavy atom. The van der Waals surface area contributed by atoms with Crippen molar-refractivity contribution in [2.75, 3.05) is 11.9 Å². The summed E-state index contributed by atoms with van der Waals surface area (Å²) in [5.74, 6) is -0.305. The lowest BCUT2D eigenvalue weighted by Crippen LogP contribution is -2.28. The van der Waals surface area contributed by atoms with Crippen molar-refractivity contribution in [3.8, 4) is 33.5 Å². The summed E-state index contributed by atoms with van der Waals surface area (Å²) in [5.41, 5.74) is 1.71. The zero-order chi connectivity index (χ0) is 21.8. The number of amides is 2. The van der Waals surface area contributed by atoms with Gasteiger partial charge in [0.2, 0.25) is 11.8 Å². The molecule has 0 unspecified atom stereocenters. The van der Waals surface area contributed by atoms with Crippen molar-refractivity contribution in [2.24, 2.45) is 0 Å². The second-order valence-corrected chi connectivity index (χ2v) is 7.24. The van der Waals surface area contributed by atoms with Gasteiger partial charge in [-0.15, -0.1) is 21.5 Å². The number of thiazole rings is 1. The van der Waals surface area contributed by atoms with Gasteiger partial charge in [0.25, 0.3) is 0 Å². The predicted molar refractivity (Wildman–Crippen MR) is 114 cm³/mol. The second-order valence-electron chi connectivity index (χ2n) is 6.21. The maximum absolute atomic E-state index is 11.9. The van der Waals surface area contributed by atoms with Crippen molar-refractivity contribution in [1.82, 2.24) is 25.5 Å². The number of aromatic carboxylic acids is 1. The van der Waals surface area contributed by atoms with E-state index < -0.39 is 12.0 Å². The van der Waals surface area contributed by atoms with Crippen LogP contribution in [0.4, 0.5) is 10.6 Å². The predicted octanol–water partition coefficient (Wildman–Crippen LogP) is 3.76. The fourth-order valence-corrected chi connectivity index (χ4v) is 3.50. The van der Waals surface area contributed by atoms with E-state index in [0.29, 0.717) is 28.6 Å². The average molecular weight is 436 g/mol. The molecule has 3 heterocycles. The molecule has 2 amide bonds. The molecule has 0 saturated carbocycles. The van der Waals surface area contributed by atoms with Gasteiger partial charge in [-0.1, -0.05) is 18.2 Å². The van der Waals surface area contributed by atoms with Crippen LogP contribution in [0.2, 0.25) is 0 Å². The fraction of sp³-hybridized carbons (Fsp3) is 0.100. The van der Waals surface area contributed by atoms with Gasteiger partial charge in [-0.25, -0.2) is 19.6 Å². The molecule has 3 aromatic heterocycles. The summed E-state index contributed by atoms with van der Waals surface area (Å²) in [6, 6.07) is 10.4. The minimum absolute atomic E-state index is 0.0842. The summed E-state index contributed by atoms with van der Waals surface area (Å²) in [7, 11) is 0. The van der Waals surface area contributed by atoms with E-state index in [4.69, 9.17) is 4.42 Å². The van der Waals surface area contributed by atoms with E-state index in [2.05, 4.69) is 30.8 Å². The summed E-state index contributed by atoms with van der Waals surface area (Å²) >= 11 is 0.994. The number of aromatic nitrogens is 4. The highest BCUT2D eigenvalue weighted by Crippen LogP contribution is 2.35. The first-order valence-electron chi connectivity index (χ1n) is 9.19. The first-order valence-corrected chi connectivity index (χ1v) is 10.0. The Balaban J connectivity index is 1.78. The van der Waals surface area contributed by atoms with Gasteiger partial charge in [0, 0.05) is 23.9 Å². The molecule has 0 saturated heterocycles. The van der Waals surface area contributed by atoms with E-state index in [9.17, 15) is 14.7 Å². The van der Waals surface area contributed by atoms with Crippen LogP contribution in [0.3, 0.4) is 0 Å². The molecular formula is C20H16N6O4S. The molecule has 10 nitrogen and oxygen atoms in total. The van der Waals surface area contributed by atoms with Crippen molar-refractivity contribution in [2.45, 2.75) is 6.92 Å². The summed E-state index contributed by atoms with van der Waals surface area (Å²) < 4.78 is 5.86. The first kappa shape index (κ1) is 20.2. The first-order chi connectivity index (χ1) is 15.0. The topological polar surface area (TPSA) is 143 Å². The van der Waals surface area contributed by atoms with Gasteiger partial charge in [-0.3, -0.25) is 5.32 Å². The molecule has 0 radical (unpaired) electrons. The van der Waals surface area contributed by atoms with Gasteiger partial charge < -0.3 is 14.8 Å². The molecule has 0 bridgehead atoms. The number of carboxylic acid groups (broad SMARTS) is 1. The van der Waals surface area contributed by atoms with Gasteiger partial charge in [0.05, 0.1) is 11.8 Å². The standard InChI is InChI=1S/C20H16N6O4S/c1-2-21-20(29)24-15-8-12(13(9-22-15)18-23-10-14(31-18)19(27)28)17-26-25-16(30-17)11-6-4-3-5-7-11/h3-10H,2H2,1H3,(H,27,28)(H2,21,22,24,29). The normalized spacial score (nSPS) is 10.6.